The number of carbonyl (C=O) groups is 1. The summed E-state index contributed by atoms with van der Waals surface area (Å²) < 4.78 is 11.1. The zero-order valence-electron chi connectivity index (χ0n) is 14.7. The van der Waals surface area contributed by atoms with Crippen molar-refractivity contribution in [3.63, 3.8) is 0 Å². The Morgan fingerprint density at radius 3 is 2.57 bits per heavy atom. The minimum absolute atomic E-state index is 0.212. The van der Waals surface area contributed by atoms with E-state index in [-0.39, 0.29) is 12.5 Å². The predicted molar refractivity (Wildman–Crippen MR) is 110 cm³/mol. The number of aliphatic hydroxyl groups excluding tert-OH is 1. The maximum absolute atomic E-state index is 12.5. The highest BCUT2D eigenvalue weighted by Crippen LogP contribution is 2.32. The summed E-state index contributed by atoms with van der Waals surface area (Å²) in [5, 5.41) is 13.2. The van der Waals surface area contributed by atoms with Crippen LogP contribution in [-0.2, 0) is 11.4 Å². The Morgan fingerprint density at radius 1 is 1.11 bits per heavy atom. The van der Waals surface area contributed by atoms with Crippen molar-refractivity contribution in [1.29, 1.82) is 0 Å². The Labute approximate surface area is 176 Å². The van der Waals surface area contributed by atoms with E-state index in [9.17, 15) is 4.79 Å². The number of nitrogens with one attached hydrogen (secondary N) is 1. The maximum Gasteiger partial charge on any atom is 0.265 e. The van der Waals surface area contributed by atoms with Crippen molar-refractivity contribution in [1.82, 2.24) is 0 Å². The Kier molecular flexibility index (Phi) is 6.52. The van der Waals surface area contributed by atoms with Gasteiger partial charge < -0.3 is 19.6 Å². The van der Waals surface area contributed by atoms with Crippen LogP contribution in [0, 0.1) is 0 Å². The molecule has 28 heavy (non-hydrogen) atoms. The summed E-state index contributed by atoms with van der Waals surface area (Å²) in [6.07, 6.45) is -0.803. The second kappa shape index (κ2) is 8.88. The normalized spacial score (nSPS) is 11.9. The molecule has 1 amide bonds. The lowest BCUT2D eigenvalue weighted by atomic mass is 10.1. The van der Waals surface area contributed by atoms with E-state index in [1.165, 1.54) is 0 Å². The van der Waals surface area contributed by atoms with E-state index < -0.39 is 6.10 Å². The fraction of sp³-hybridized carbons (Fsp3) is 0.150. The van der Waals surface area contributed by atoms with Crippen molar-refractivity contribution in [2.45, 2.75) is 19.6 Å². The van der Waals surface area contributed by atoms with Crippen LogP contribution in [0.15, 0.2) is 52.9 Å². The van der Waals surface area contributed by atoms with E-state index in [1.54, 1.807) is 55.5 Å². The number of carbonyl (C=O) groups excluding carboxylic acids is 1. The number of rotatable bonds is 6. The highest BCUT2D eigenvalue weighted by molar-refractivity contribution is 6.35. The lowest BCUT2D eigenvalue weighted by molar-refractivity contribution is -0.122. The van der Waals surface area contributed by atoms with Crippen molar-refractivity contribution in [2.24, 2.45) is 0 Å². The van der Waals surface area contributed by atoms with Crippen molar-refractivity contribution in [3.8, 4) is 17.1 Å². The van der Waals surface area contributed by atoms with Gasteiger partial charge in [-0.25, -0.2) is 0 Å². The monoisotopic (exact) mass is 439 g/mol. The fourth-order valence-electron chi connectivity index (χ4n) is 2.46. The molecule has 146 valence electrons. The van der Waals surface area contributed by atoms with Crippen LogP contribution in [0.3, 0.4) is 0 Å². The van der Waals surface area contributed by atoms with Gasteiger partial charge in [0.2, 0.25) is 0 Å². The van der Waals surface area contributed by atoms with E-state index >= 15 is 0 Å². The third-order valence-electron chi connectivity index (χ3n) is 3.88. The van der Waals surface area contributed by atoms with Gasteiger partial charge in [-0.3, -0.25) is 4.79 Å². The molecule has 0 saturated carbocycles. The second-order valence-electron chi connectivity index (χ2n) is 5.94. The summed E-state index contributed by atoms with van der Waals surface area (Å²) in [6, 6.07) is 13.1. The number of halogens is 3. The van der Waals surface area contributed by atoms with Crippen LogP contribution < -0.4 is 10.1 Å². The molecular weight excluding hydrogens is 425 g/mol. The highest BCUT2D eigenvalue weighted by Gasteiger charge is 2.18. The largest absolute Gasteiger partial charge is 0.479 e. The Morgan fingerprint density at radius 2 is 1.89 bits per heavy atom. The van der Waals surface area contributed by atoms with E-state index in [1.807, 2.05) is 0 Å². The molecule has 0 aliphatic rings. The molecule has 0 bridgehead atoms. The zero-order chi connectivity index (χ0) is 20.3. The third kappa shape index (κ3) is 4.80. The quantitative estimate of drug-likeness (QED) is 0.508. The second-order valence-corrected chi connectivity index (χ2v) is 7.19. The number of ether oxygens (including phenoxy) is 1. The Hall–Kier alpha value is -2.18. The number of amides is 1. The first-order valence-corrected chi connectivity index (χ1v) is 9.43. The molecule has 1 unspecified atom stereocenters. The van der Waals surface area contributed by atoms with Crippen LogP contribution in [0.4, 0.5) is 5.69 Å². The lowest BCUT2D eigenvalue weighted by Crippen LogP contribution is -2.30. The van der Waals surface area contributed by atoms with Crippen molar-refractivity contribution in [2.75, 3.05) is 5.32 Å². The first-order valence-electron chi connectivity index (χ1n) is 8.29. The van der Waals surface area contributed by atoms with Gasteiger partial charge in [-0.2, -0.15) is 0 Å². The topological polar surface area (TPSA) is 71.7 Å². The summed E-state index contributed by atoms with van der Waals surface area (Å²) in [7, 11) is 0. The van der Waals surface area contributed by atoms with Crippen LogP contribution >= 0.6 is 34.8 Å². The molecule has 0 saturated heterocycles. The molecule has 0 radical (unpaired) electrons. The number of aliphatic hydroxyl groups is 1. The van der Waals surface area contributed by atoms with Crippen LogP contribution in [0.25, 0.3) is 11.3 Å². The van der Waals surface area contributed by atoms with Gasteiger partial charge in [-0.1, -0.05) is 34.8 Å². The fourth-order valence-corrected chi connectivity index (χ4v) is 3.12. The SMILES string of the molecule is CC(Oc1ccc(Cl)cc1Cl)C(=O)Nc1ccc(Cl)c(-c2ccc(CO)o2)c1. The molecule has 0 spiro atoms. The van der Waals surface area contributed by atoms with Gasteiger partial charge in [0.1, 0.15) is 23.9 Å². The minimum atomic E-state index is -0.803. The molecular formula is C20H16Cl3NO4. The van der Waals surface area contributed by atoms with Crippen LogP contribution in [0.1, 0.15) is 12.7 Å². The maximum atomic E-state index is 12.5. The average Bonchev–Trinajstić information content (AvgIpc) is 3.14. The van der Waals surface area contributed by atoms with Crippen LogP contribution in [0.5, 0.6) is 5.75 Å². The van der Waals surface area contributed by atoms with Crippen LogP contribution in [-0.4, -0.2) is 17.1 Å². The first kappa shape index (κ1) is 20.6. The van der Waals surface area contributed by atoms with E-state index in [2.05, 4.69) is 5.32 Å². The van der Waals surface area contributed by atoms with E-state index in [0.717, 1.165) is 0 Å². The molecule has 5 nitrogen and oxygen atoms in total. The smallest absolute Gasteiger partial charge is 0.265 e. The summed E-state index contributed by atoms with van der Waals surface area (Å²) in [4.78, 5) is 12.5. The van der Waals surface area contributed by atoms with Crippen LogP contribution in [0.2, 0.25) is 15.1 Å². The van der Waals surface area contributed by atoms with Crippen molar-refractivity contribution in [3.05, 3.63) is 69.4 Å². The molecule has 0 aliphatic carbocycles. The van der Waals surface area contributed by atoms with E-state index in [4.69, 9.17) is 49.1 Å². The summed E-state index contributed by atoms with van der Waals surface area (Å²) >= 11 is 18.2. The predicted octanol–water partition coefficient (Wildman–Crippen LogP) is 5.81. The Bertz CT molecular complexity index is 1000. The molecule has 8 heteroatoms. The van der Waals surface area contributed by atoms with E-state index in [0.29, 0.717) is 43.6 Å². The number of hydrogen-bond donors (Lipinski definition) is 2. The minimum Gasteiger partial charge on any atom is -0.479 e. The van der Waals surface area contributed by atoms with Gasteiger partial charge >= 0.3 is 0 Å². The molecule has 2 aromatic carbocycles. The van der Waals surface area contributed by atoms with Gasteiger partial charge in [0.15, 0.2) is 6.10 Å². The van der Waals surface area contributed by atoms with Gasteiger partial charge in [0.25, 0.3) is 5.91 Å². The molecule has 1 heterocycles. The van der Waals surface area contributed by atoms with Gasteiger partial charge in [-0.05, 0) is 55.5 Å². The number of anilines is 1. The molecule has 2 N–H and O–H groups in total. The first-order chi connectivity index (χ1) is 13.4. The van der Waals surface area contributed by atoms with Crippen molar-refractivity contribution >= 4 is 46.4 Å². The summed E-state index contributed by atoms with van der Waals surface area (Å²) in [5.74, 6) is 0.900. The van der Waals surface area contributed by atoms with Gasteiger partial charge in [0, 0.05) is 16.3 Å². The number of furan rings is 1. The van der Waals surface area contributed by atoms with Gasteiger partial charge in [0.05, 0.1) is 10.0 Å². The molecule has 1 atom stereocenters. The molecule has 3 rings (SSSR count). The third-order valence-corrected chi connectivity index (χ3v) is 4.74. The standard InChI is InChI=1S/C20H16Cl3NO4/c1-11(27-19-6-2-12(21)8-17(19)23)20(26)24-13-3-5-16(22)15(9-13)18-7-4-14(10-25)28-18/h2-9,11,25H,10H2,1H3,(H,24,26). The van der Waals surface area contributed by atoms with Gasteiger partial charge in [-0.15, -0.1) is 0 Å². The molecule has 1 aromatic heterocycles. The molecule has 0 fully saturated rings. The number of benzene rings is 2. The zero-order valence-corrected chi connectivity index (χ0v) is 17.0. The summed E-state index contributed by atoms with van der Waals surface area (Å²) in [5.41, 5.74) is 1.11. The van der Waals surface area contributed by atoms with Crippen molar-refractivity contribution < 1.29 is 19.1 Å². The molecule has 0 aliphatic heterocycles. The Balaban J connectivity index is 1.73. The molecule has 3 aromatic rings. The lowest BCUT2D eigenvalue weighted by Gasteiger charge is -2.16. The average molecular weight is 441 g/mol. The summed E-state index contributed by atoms with van der Waals surface area (Å²) in [6.45, 7) is 1.40. The number of hydrogen-bond acceptors (Lipinski definition) is 4. The highest BCUT2D eigenvalue weighted by atomic mass is 35.5.